The highest BCUT2D eigenvalue weighted by Gasteiger charge is 2.12. The topological polar surface area (TPSA) is 60.5 Å². The van der Waals surface area contributed by atoms with Crippen molar-refractivity contribution in [1.29, 1.82) is 0 Å². The second-order valence-corrected chi connectivity index (χ2v) is 6.73. The van der Waals surface area contributed by atoms with Crippen LogP contribution in [-0.4, -0.2) is 24.1 Å². The van der Waals surface area contributed by atoms with Crippen molar-refractivity contribution in [1.82, 2.24) is 4.98 Å². The van der Waals surface area contributed by atoms with Crippen molar-refractivity contribution in [3.63, 3.8) is 0 Å². The molecule has 0 unspecified atom stereocenters. The van der Waals surface area contributed by atoms with Crippen LogP contribution in [0.1, 0.15) is 11.8 Å². The smallest absolute Gasteiger partial charge is 0.264 e. The zero-order chi connectivity index (χ0) is 18.4. The Morgan fingerprint density at radius 3 is 2.42 bits per heavy atom. The van der Waals surface area contributed by atoms with Crippen LogP contribution in [-0.2, 0) is 4.79 Å². The molecule has 1 N–H and O–H groups in total. The molecule has 3 aromatic rings. The number of aryl methyl sites for hydroxylation is 1. The fraction of sp³-hybridized carbons (Fsp3) is 0.200. The van der Waals surface area contributed by atoms with Crippen molar-refractivity contribution in [2.24, 2.45) is 0 Å². The van der Waals surface area contributed by atoms with Crippen LogP contribution in [0.4, 0.5) is 5.13 Å². The van der Waals surface area contributed by atoms with E-state index in [4.69, 9.17) is 9.47 Å². The van der Waals surface area contributed by atoms with Crippen molar-refractivity contribution >= 4 is 22.4 Å². The maximum atomic E-state index is 12.1. The van der Waals surface area contributed by atoms with Crippen LogP contribution >= 0.6 is 11.3 Å². The molecule has 0 aliphatic rings. The van der Waals surface area contributed by atoms with E-state index in [1.54, 1.807) is 0 Å². The van der Waals surface area contributed by atoms with E-state index in [1.165, 1.54) is 11.3 Å². The molecule has 0 spiro atoms. The van der Waals surface area contributed by atoms with E-state index >= 15 is 0 Å². The highest BCUT2D eigenvalue weighted by atomic mass is 32.1. The van der Waals surface area contributed by atoms with Gasteiger partial charge in [0.15, 0.2) is 11.7 Å². The molecule has 0 fully saturated rings. The van der Waals surface area contributed by atoms with Crippen LogP contribution in [0.15, 0.2) is 54.6 Å². The van der Waals surface area contributed by atoms with Gasteiger partial charge >= 0.3 is 0 Å². The van der Waals surface area contributed by atoms with Gasteiger partial charge in [-0.2, -0.15) is 0 Å². The Labute approximate surface area is 156 Å². The number of rotatable bonds is 7. The van der Waals surface area contributed by atoms with Gasteiger partial charge in [-0.1, -0.05) is 18.2 Å². The van der Waals surface area contributed by atoms with Gasteiger partial charge in [0.2, 0.25) is 0 Å². The third-order valence-electron chi connectivity index (χ3n) is 3.59. The number of thiazole rings is 1. The number of carbonyl (C=O) groups is 1. The summed E-state index contributed by atoms with van der Waals surface area (Å²) < 4.78 is 10.9. The van der Waals surface area contributed by atoms with Crippen molar-refractivity contribution < 1.29 is 14.3 Å². The predicted octanol–water partition coefficient (Wildman–Crippen LogP) is 4.53. The monoisotopic (exact) mass is 368 g/mol. The molecule has 0 bridgehead atoms. The van der Waals surface area contributed by atoms with Gasteiger partial charge in [0.1, 0.15) is 11.5 Å². The largest absolute Gasteiger partial charge is 0.494 e. The number of hydrogen-bond donors (Lipinski definition) is 1. The zero-order valence-electron chi connectivity index (χ0n) is 14.7. The maximum Gasteiger partial charge on any atom is 0.264 e. The first kappa shape index (κ1) is 17.9. The minimum Gasteiger partial charge on any atom is -0.494 e. The van der Waals surface area contributed by atoms with E-state index in [2.05, 4.69) is 10.3 Å². The molecule has 0 saturated carbocycles. The van der Waals surface area contributed by atoms with Gasteiger partial charge in [0.25, 0.3) is 5.91 Å². The first-order valence-corrected chi connectivity index (χ1v) is 9.15. The molecule has 3 rings (SSSR count). The van der Waals surface area contributed by atoms with Gasteiger partial charge in [-0.15, -0.1) is 11.3 Å². The summed E-state index contributed by atoms with van der Waals surface area (Å²) in [7, 11) is 0. The van der Waals surface area contributed by atoms with Crippen molar-refractivity contribution in [3.05, 3.63) is 59.5 Å². The lowest BCUT2D eigenvalue weighted by Gasteiger charge is -2.05. The molecule has 1 heterocycles. The molecule has 0 radical (unpaired) electrons. The summed E-state index contributed by atoms with van der Waals surface area (Å²) in [6, 6.07) is 17.0. The Kier molecular flexibility index (Phi) is 5.86. The van der Waals surface area contributed by atoms with Crippen LogP contribution in [0, 0.1) is 6.92 Å². The summed E-state index contributed by atoms with van der Waals surface area (Å²) in [5.41, 5.74) is 1.85. The Balaban J connectivity index is 1.63. The number of carbonyl (C=O) groups excluding carboxylic acids is 1. The number of nitrogens with zero attached hydrogens (tertiary/aromatic N) is 1. The SMILES string of the molecule is CCOc1ccc(-c2nc(NC(=O)COc3ccccc3)sc2C)cc1. The van der Waals surface area contributed by atoms with Crippen LogP contribution in [0.2, 0.25) is 0 Å². The lowest BCUT2D eigenvalue weighted by Crippen LogP contribution is -2.19. The fourth-order valence-corrected chi connectivity index (χ4v) is 3.27. The number of amides is 1. The van der Waals surface area contributed by atoms with E-state index in [1.807, 2.05) is 68.4 Å². The first-order chi connectivity index (χ1) is 12.7. The van der Waals surface area contributed by atoms with Crippen molar-refractivity contribution in [3.8, 4) is 22.8 Å². The number of benzene rings is 2. The summed E-state index contributed by atoms with van der Waals surface area (Å²) in [6.45, 7) is 4.52. The third kappa shape index (κ3) is 4.61. The van der Waals surface area contributed by atoms with E-state index in [0.29, 0.717) is 17.5 Å². The molecule has 0 aliphatic heterocycles. The van der Waals surface area contributed by atoms with Gasteiger partial charge < -0.3 is 9.47 Å². The summed E-state index contributed by atoms with van der Waals surface area (Å²) in [5.74, 6) is 1.25. The zero-order valence-corrected chi connectivity index (χ0v) is 15.5. The molecule has 1 amide bonds. The minimum atomic E-state index is -0.235. The number of para-hydroxylation sites is 1. The number of ether oxygens (including phenoxy) is 2. The molecule has 134 valence electrons. The average Bonchev–Trinajstić information content (AvgIpc) is 3.02. The number of hydrogen-bond acceptors (Lipinski definition) is 5. The van der Waals surface area contributed by atoms with E-state index in [0.717, 1.165) is 21.9 Å². The molecule has 0 aliphatic carbocycles. The van der Waals surface area contributed by atoms with Gasteiger partial charge in [-0.25, -0.2) is 4.98 Å². The summed E-state index contributed by atoms with van der Waals surface area (Å²) in [5, 5.41) is 3.36. The molecule has 1 aromatic heterocycles. The third-order valence-corrected chi connectivity index (χ3v) is 4.48. The Morgan fingerprint density at radius 2 is 1.73 bits per heavy atom. The number of nitrogens with one attached hydrogen (secondary N) is 1. The Morgan fingerprint density at radius 1 is 1.04 bits per heavy atom. The number of anilines is 1. The summed E-state index contributed by atoms with van der Waals surface area (Å²) in [4.78, 5) is 17.6. The van der Waals surface area contributed by atoms with Crippen LogP contribution < -0.4 is 14.8 Å². The van der Waals surface area contributed by atoms with Gasteiger partial charge in [-0.3, -0.25) is 10.1 Å². The van der Waals surface area contributed by atoms with E-state index in [-0.39, 0.29) is 12.5 Å². The highest BCUT2D eigenvalue weighted by molar-refractivity contribution is 7.16. The van der Waals surface area contributed by atoms with Crippen LogP contribution in [0.25, 0.3) is 11.3 Å². The van der Waals surface area contributed by atoms with Crippen LogP contribution in [0.5, 0.6) is 11.5 Å². The van der Waals surface area contributed by atoms with Crippen molar-refractivity contribution in [2.45, 2.75) is 13.8 Å². The highest BCUT2D eigenvalue weighted by Crippen LogP contribution is 2.31. The molecular formula is C20H20N2O3S. The fourth-order valence-electron chi connectivity index (χ4n) is 2.41. The average molecular weight is 368 g/mol. The predicted molar refractivity (Wildman–Crippen MR) is 104 cm³/mol. The second kappa shape index (κ2) is 8.49. The lowest BCUT2D eigenvalue weighted by atomic mass is 10.1. The van der Waals surface area contributed by atoms with Gasteiger partial charge in [-0.05, 0) is 50.2 Å². The summed E-state index contributed by atoms with van der Waals surface area (Å²) >= 11 is 1.44. The lowest BCUT2D eigenvalue weighted by molar-refractivity contribution is -0.118. The maximum absolute atomic E-state index is 12.1. The van der Waals surface area contributed by atoms with E-state index in [9.17, 15) is 4.79 Å². The quantitative estimate of drug-likeness (QED) is 0.665. The second-order valence-electron chi connectivity index (χ2n) is 5.53. The summed E-state index contributed by atoms with van der Waals surface area (Å²) in [6.07, 6.45) is 0. The molecule has 2 aromatic carbocycles. The van der Waals surface area contributed by atoms with Crippen molar-refractivity contribution in [2.75, 3.05) is 18.5 Å². The van der Waals surface area contributed by atoms with Gasteiger partial charge in [0, 0.05) is 10.4 Å². The van der Waals surface area contributed by atoms with E-state index < -0.39 is 0 Å². The minimum absolute atomic E-state index is 0.0545. The standard InChI is InChI=1S/C20H20N2O3S/c1-3-24-17-11-9-15(10-12-17)19-14(2)26-20(22-19)21-18(23)13-25-16-7-5-4-6-8-16/h4-12H,3,13H2,1-2H3,(H,21,22,23). The normalized spacial score (nSPS) is 10.4. The van der Waals surface area contributed by atoms with Gasteiger partial charge in [0.05, 0.1) is 12.3 Å². The van der Waals surface area contributed by atoms with Crippen LogP contribution in [0.3, 0.4) is 0 Å². The molecule has 5 nitrogen and oxygen atoms in total. The molecule has 6 heteroatoms. The Hall–Kier alpha value is -2.86. The first-order valence-electron chi connectivity index (χ1n) is 8.34. The molecule has 26 heavy (non-hydrogen) atoms. The Bertz CT molecular complexity index is 861. The molecular weight excluding hydrogens is 348 g/mol. The molecule has 0 saturated heterocycles. The molecule has 0 atom stereocenters. The number of aromatic nitrogens is 1.